The van der Waals surface area contributed by atoms with Crippen LogP contribution in [0, 0.1) is 0 Å². The fraction of sp³-hybridized carbons (Fsp3) is 0. The Kier molecular flexibility index (Phi) is 22.1. The first kappa shape index (κ1) is 88.8. The molecule has 10 heteroatoms. The minimum atomic E-state index is 0.321. The van der Waals surface area contributed by atoms with E-state index in [1.165, 1.54) is 238 Å². The summed E-state index contributed by atoms with van der Waals surface area (Å²) in [5.74, 6) is 0. The molecule has 31 aromatic rings. The van der Waals surface area contributed by atoms with Crippen molar-refractivity contribution in [3.63, 3.8) is 0 Å². The third-order valence-corrected chi connectivity index (χ3v) is 38.4. The van der Waals surface area contributed by atoms with Crippen molar-refractivity contribution >= 4 is 271 Å². The van der Waals surface area contributed by atoms with Gasteiger partial charge in [0, 0.05) is 33.2 Å². The predicted molar refractivity (Wildman–Crippen MR) is 646 cm³/mol. The fourth-order valence-corrected chi connectivity index (χ4v) is 31.0. The quantitative estimate of drug-likeness (QED) is 0.0755. The van der Waals surface area contributed by atoms with Gasteiger partial charge in [-0.15, -0.1) is 0 Å². The molecule has 150 heavy (non-hydrogen) atoms. The van der Waals surface area contributed by atoms with Crippen LogP contribution in [0.4, 0.5) is 51.2 Å². The maximum atomic E-state index is 2.46. The van der Waals surface area contributed by atoms with Crippen molar-refractivity contribution < 1.29 is 0 Å². The van der Waals surface area contributed by atoms with Gasteiger partial charge in [0.25, 0.3) is 0 Å². The molecule has 0 spiro atoms. The molecule has 0 saturated heterocycles. The van der Waals surface area contributed by atoms with Gasteiger partial charge in [0.2, 0.25) is 0 Å². The molecule has 0 N–H and O–H groups in total. The maximum absolute atomic E-state index is 2.46. The first-order chi connectivity index (χ1) is 74.4. The van der Waals surface area contributed by atoms with Gasteiger partial charge in [-0.1, -0.05) is 115 Å². The number of thiophene rings is 1. The molecule has 0 bridgehead atoms. The van der Waals surface area contributed by atoms with Crippen LogP contribution in [0.15, 0.2) is 546 Å². The molecule has 0 unspecified atom stereocenters. The Balaban J connectivity index is 0.000000106. The van der Waals surface area contributed by atoms with Gasteiger partial charge in [0.05, 0.1) is 33.1 Å². The molecular weight excluding hydrogens is 2030 g/mol. The van der Waals surface area contributed by atoms with Gasteiger partial charge in [-0.05, 0) is 54.6 Å². The number of rotatable bonds is 15. The van der Waals surface area contributed by atoms with Crippen LogP contribution >= 0.6 is 11.3 Å². The number of benzene rings is 24. The zero-order valence-electron chi connectivity index (χ0n) is 81.3. The van der Waals surface area contributed by atoms with Crippen molar-refractivity contribution in [2.24, 2.45) is 0 Å². The number of anilines is 9. The molecule has 7 aromatic heterocycles. The zero-order chi connectivity index (χ0) is 98.8. The Bertz CT molecular complexity index is 10700. The Labute approximate surface area is 888 Å². The SMILES string of the molecule is c1ccc(-n2c3ccccc3c3cc(-c4ccc(N(c5ccc6[se]c7ccccc7c6c5)c5cc6ccccc6c6ccccc56)cc4)ccc32)cc1.c1ccc(-n2c3ccccc3c3cc(-c4ccc(N(c5ccc6[se]c7ccccc7c6c5)c5cccc6c5sc5ccccc56)cc4)ccc32)cc1.c1ccc(N(c2ccc(-c3ccc4[se]c5ccccc5c4c3)cc2)c2ccc3c(c2)c2ccccc2n3-c2ccccc2)cc1. The number of nitrogens with zero attached hydrogens (tertiary/aromatic N) is 6. The summed E-state index contributed by atoms with van der Waals surface area (Å²) in [6, 6.07) is 200. The molecule has 0 atom stereocenters. The number of para-hydroxylation sites is 7. The Morgan fingerprint density at radius 3 is 0.927 bits per heavy atom. The standard InChI is InChI=1S/C50H32N2Se.C48H30N2SSe.C42H28N2Se/c1-2-13-36(14-3-1)52-46-20-10-8-18-42(46)44-30-34(24-28-47(44)52)33-22-25-37(26-23-33)51(38-27-29-50-45(32-38)43-19-9-11-21-49(43)53-50)48-31-35-12-4-5-15-39(35)40-16-6-7-17-41(40)48;1-2-11-33(12-3-1)50-42-17-7-4-13-36(42)40-29-32(23-27-43(40)50)31-21-24-34(25-22-31)49(35-26-28-47-41(30-35)38-15-6-9-20-46(38)52-47)44-18-10-16-39-37-14-5-8-19-45(37)51-48(39)44;1-3-11-31(12-4-1)43(33-22-19-29(20-23-33)30-21-26-42-38(27-30)36-16-8-10-18-41(36)45-42)34-24-25-40-37(28-34)35-15-7-9-17-39(35)44(40)32-13-5-2-6-14-32/h1-32H;1-30H;1-28H. The minimum absolute atomic E-state index is 0.321. The molecular formula is C140H90N6SSe3. The van der Waals surface area contributed by atoms with E-state index in [2.05, 4.69) is 574 Å². The van der Waals surface area contributed by atoms with E-state index in [4.69, 9.17) is 0 Å². The number of hydrogen-bond acceptors (Lipinski definition) is 4. The van der Waals surface area contributed by atoms with Crippen LogP contribution in [0.1, 0.15) is 0 Å². The molecule has 0 saturated carbocycles. The van der Waals surface area contributed by atoms with Crippen molar-refractivity contribution in [3.8, 4) is 50.4 Å². The van der Waals surface area contributed by atoms with E-state index in [0.29, 0.717) is 43.5 Å². The second-order valence-electron chi connectivity index (χ2n) is 38.5. The summed E-state index contributed by atoms with van der Waals surface area (Å²) < 4.78 is 18.5. The summed E-state index contributed by atoms with van der Waals surface area (Å²) in [5, 5.41) is 23.4. The first-order valence-electron chi connectivity index (χ1n) is 51.0. The first-order valence-corrected chi connectivity index (χ1v) is 56.9. The Morgan fingerprint density at radius 2 is 0.447 bits per heavy atom. The summed E-state index contributed by atoms with van der Waals surface area (Å²) in [4.78, 5) is 7.29. The van der Waals surface area contributed by atoms with E-state index < -0.39 is 0 Å². The van der Waals surface area contributed by atoms with Crippen molar-refractivity contribution in [2.75, 3.05) is 14.7 Å². The number of hydrogen-bond donors (Lipinski definition) is 0. The summed E-state index contributed by atoms with van der Waals surface area (Å²) in [6.07, 6.45) is 0. The Hall–Kier alpha value is -17.6. The van der Waals surface area contributed by atoms with E-state index in [-0.39, 0.29) is 0 Å². The Morgan fingerprint density at radius 1 is 0.153 bits per heavy atom. The van der Waals surface area contributed by atoms with Crippen LogP contribution in [-0.2, 0) is 0 Å². The molecule has 0 aliphatic heterocycles. The molecule has 7 heterocycles. The van der Waals surface area contributed by atoms with Gasteiger partial charge in [0.15, 0.2) is 0 Å². The van der Waals surface area contributed by atoms with E-state index in [0.717, 1.165) is 28.4 Å². The fourth-order valence-electron chi connectivity index (χ4n) is 23.0. The summed E-state index contributed by atoms with van der Waals surface area (Å²) in [7, 11) is 0. The van der Waals surface area contributed by atoms with Gasteiger partial charge < -0.3 is 13.7 Å². The van der Waals surface area contributed by atoms with E-state index in [9.17, 15) is 0 Å². The van der Waals surface area contributed by atoms with Gasteiger partial charge in [-0.25, -0.2) is 0 Å². The van der Waals surface area contributed by atoms with Crippen molar-refractivity contribution in [3.05, 3.63) is 546 Å². The average Bonchev–Trinajstić information content (AvgIpc) is 1.57. The molecule has 31 rings (SSSR count). The normalized spacial score (nSPS) is 11.7. The molecule has 0 aliphatic carbocycles. The molecule has 0 fully saturated rings. The third-order valence-electron chi connectivity index (χ3n) is 29.9. The summed E-state index contributed by atoms with van der Waals surface area (Å²) >= 11 is 2.92. The van der Waals surface area contributed by atoms with Crippen molar-refractivity contribution in [2.45, 2.75) is 0 Å². The monoisotopic (exact) mass is 2130 g/mol. The van der Waals surface area contributed by atoms with Gasteiger partial charge in [-0.3, -0.25) is 0 Å². The van der Waals surface area contributed by atoms with Crippen LogP contribution < -0.4 is 14.7 Å². The van der Waals surface area contributed by atoms with Crippen LogP contribution in [0.2, 0.25) is 0 Å². The predicted octanol–water partition coefficient (Wildman–Crippen LogP) is 38.5. The summed E-state index contributed by atoms with van der Waals surface area (Å²) in [6.45, 7) is 0. The van der Waals surface area contributed by atoms with E-state index in [1.54, 1.807) is 0 Å². The van der Waals surface area contributed by atoms with Crippen LogP contribution in [0.25, 0.3) is 215 Å². The van der Waals surface area contributed by atoms with Crippen LogP contribution in [0.5, 0.6) is 0 Å². The molecule has 704 valence electrons. The van der Waals surface area contributed by atoms with Crippen LogP contribution in [-0.4, -0.2) is 57.2 Å². The van der Waals surface area contributed by atoms with E-state index >= 15 is 0 Å². The molecule has 6 nitrogen and oxygen atoms in total. The second-order valence-corrected chi connectivity index (χ2v) is 46.4. The molecule has 0 aliphatic rings. The summed E-state index contributed by atoms with van der Waals surface area (Å²) in [5.41, 5.74) is 28.5. The van der Waals surface area contributed by atoms with Crippen molar-refractivity contribution in [1.29, 1.82) is 0 Å². The topological polar surface area (TPSA) is 24.5 Å². The molecule has 0 radical (unpaired) electrons. The molecule has 24 aromatic carbocycles. The van der Waals surface area contributed by atoms with Crippen LogP contribution in [0.3, 0.4) is 0 Å². The number of fused-ring (bicyclic) bond motifs is 24. The van der Waals surface area contributed by atoms with E-state index in [1.807, 2.05) is 11.3 Å². The average molecular weight is 2130 g/mol. The third kappa shape index (κ3) is 15.5. The number of aromatic nitrogens is 3. The van der Waals surface area contributed by atoms with Gasteiger partial charge >= 0.3 is 646 Å². The second kappa shape index (κ2) is 37.4. The van der Waals surface area contributed by atoms with Crippen molar-refractivity contribution in [1.82, 2.24) is 13.7 Å². The molecule has 0 amide bonds. The van der Waals surface area contributed by atoms with Gasteiger partial charge in [-0.2, -0.15) is 0 Å². The zero-order valence-corrected chi connectivity index (χ0v) is 87.2. The van der Waals surface area contributed by atoms with Gasteiger partial charge in [0.1, 0.15) is 0 Å².